The van der Waals surface area contributed by atoms with Crippen molar-refractivity contribution < 1.29 is 14.0 Å². The van der Waals surface area contributed by atoms with Crippen molar-refractivity contribution in [1.29, 1.82) is 0 Å². The van der Waals surface area contributed by atoms with Gasteiger partial charge in [0.1, 0.15) is 5.59 Å². The molecule has 0 aliphatic carbocycles. The molecule has 7 heteroatoms. The zero-order valence-electron chi connectivity index (χ0n) is 16.1. The molecule has 2 fully saturated rings. The Morgan fingerprint density at radius 2 is 1.85 bits per heavy atom. The minimum atomic E-state index is -0.549. The maximum atomic E-state index is 6.70. The van der Waals surface area contributed by atoms with Crippen molar-refractivity contribution in [3.8, 4) is 0 Å². The van der Waals surface area contributed by atoms with E-state index in [0.717, 1.165) is 47.9 Å². The number of hydrogen-bond acceptors (Lipinski definition) is 4. The molecule has 4 rings (SSSR count). The van der Waals surface area contributed by atoms with E-state index in [2.05, 4.69) is 6.07 Å². The van der Waals surface area contributed by atoms with Gasteiger partial charge in [-0.3, -0.25) is 0 Å². The summed E-state index contributed by atoms with van der Waals surface area (Å²) in [5.41, 5.74) is 1.87. The summed E-state index contributed by atoms with van der Waals surface area (Å²) in [6.45, 7) is 10.9. The third-order valence-corrected chi connectivity index (χ3v) is 6.42. The summed E-state index contributed by atoms with van der Waals surface area (Å²) in [5, 5.41) is 6.49. The number of hydrogen-bond donors (Lipinski definition) is 0. The fourth-order valence-corrected chi connectivity index (χ4v) is 3.84. The molecular weight excluding hydrogens is 350 g/mol. The highest BCUT2D eigenvalue weighted by Crippen LogP contribution is 2.38. The monoisotopic (exact) mass is 376 g/mol. The molecule has 0 amide bonds. The smallest absolute Gasteiger partial charge is 0.398 e. The molecule has 3 heterocycles. The van der Waals surface area contributed by atoms with Crippen LogP contribution >= 0.6 is 11.6 Å². The lowest BCUT2D eigenvalue weighted by Crippen LogP contribution is -2.41. The molecule has 1 atom stereocenters. The Morgan fingerprint density at radius 1 is 1.15 bits per heavy atom. The van der Waals surface area contributed by atoms with Crippen LogP contribution in [0.4, 0.5) is 0 Å². The third-order valence-electron chi connectivity index (χ3n) is 5.94. The number of aromatic nitrogens is 2. The highest BCUT2D eigenvalue weighted by atomic mass is 35.5. The quantitative estimate of drug-likeness (QED) is 0.743. The van der Waals surface area contributed by atoms with E-state index >= 15 is 0 Å². The first-order valence-corrected chi connectivity index (χ1v) is 9.73. The summed E-state index contributed by atoms with van der Waals surface area (Å²) in [6.07, 6.45) is 3.11. The maximum absolute atomic E-state index is 6.70. The number of benzene rings is 1. The summed E-state index contributed by atoms with van der Waals surface area (Å²) in [6, 6.07) is 4.09. The van der Waals surface area contributed by atoms with Crippen LogP contribution in [0.3, 0.4) is 0 Å². The van der Waals surface area contributed by atoms with Crippen molar-refractivity contribution in [2.24, 2.45) is 0 Å². The Hall–Kier alpha value is -1.08. The normalized spacial score (nSPS) is 25.2. The van der Waals surface area contributed by atoms with Gasteiger partial charge < -0.3 is 14.0 Å². The van der Waals surface area contributed by atoms with Crippen LogP contribution in [0, 0.1) is 6.92 Å². The van der Waals surface area contributed by atoms with Crippen LogP contribution in [0.25, 0.3) is 10.9 Å². The van der Waals surface area contributed by atoms with Crippen LogP contribution in [-0.4, -0.2) is 34.7 Å². The van der Waals surface area contributed by atoms with Crippen LogP contribution in [0.5, 0.6) is 0 Å². The van der Waals surface area contributed by atoms with Crippen molar-refractivity contribution in [2.45, 2.75) is 71.3 Å². The van der Waals surface area contributed by atoms with E-state index in [4.69, 9.17) is 30.7 Å². The van der Waals surface area contributed by atoms with E-state index in [1.807, 2.05) is 45.4 Å². The Morgan fingerprint density at radius 3 is 2.46 bits per heavy atom. The van der Waals surface area contributed by atoms with E-state index in [9.17, 15) is 0 Å². The molecule has 0 saturated carbocycles. The molecule has 1 aromatic heterocycles. The van der Waals surface area contributed by atoms with E-state index in [1.54, 1.807) is 0 Å². The molecule has 0 bridgehead atoms. The number of ether oxygens (including phenoxy) is 1. The van der Waals surface area contributed by atoms with Gasteiger partial charge in [-0.2, -0.15) is 5.10 Å². The van der Waals surface area contributed by atoms with Crippen molar-refractivity contribution in [3.63, 3.8) is 0 Å². The molecule has 140 valence electrons. The summed E-state index contributed by atoms with van der Waals surface area (Å²) in [7, 11) is -0.549. The Labute approximate surface area is 160 Å². The SMILES string of the molecule is Cc1ccc2c(c(B3OC(C)(C)C(C)(C)O3)nn2C2CCCCO2)c1Cl. The number of halogens is 1. The van der Waals surface area contributed by atoms with Gasteiger partial charge in [0.05, 0.1) is 21.7 Å². The van der Waals surface area contributed by atoms with E-state index < -0.39 is 18.3 Å². The number of aryl methyl sites for hydroxylation is 1. The first kappa shape index (κ1) is 18.3. The topological polar surface area (TPSA) is 45.5 Å². The molecular formula is C19H26BClN2O3. The first-order valence-electron chi connectivity index (χ1n) is 9.36. The zero-order chi connectivity index (χ0) is 18.7. The molecule has 0 radical (unpaired) electrons. The summed E-state index contributed by atoms with van der Waals surface area (Å²) in [5.74, 6) is 0. The van der Waals surface area contributed by atoms with Gasteiger partial charge in [-0.05, 0) is 65.5 Å². The second kappa shape index (κ2) is 6.23. The fraction of sp³-hybridized carbons (Fsp3) is 0.632. The second-order valence-electron chi connectivity index (χ2n) is 8.33. The number of rotatable bonds is 2. The van der Waals surface area contributed by atoms with Crippen LogP contribution in [-0.2, 0) is 14.0 Å². The minimum Gasteiger partial charge on any atom is -0.398 e. The van der Waals surface area contributed by atoms with Crippen LogP contribution in [0.2, 0.25) is 5.02 Å². The molecule has 1 aromatic carbocycles. The van der Waals surface area contributed by atoms with Crippen LogP contribution in [0.15, 0.2) is 12.1 Å². The molecule has 2 saturated heterocycles. The van der Waals surface area contributed by atoms with Gasteiger partial charge in [0.15, 0.2) is 6.23 Å². The lowest BCUT2D eigenvalue weighted by Gasteiger charge is -2.32. The van der Waals surface area contributed by atoms with Gasteiger partial charge in [-0.25, -0.2) is 4.68 Å². The predicted octanol–water partition coefficient (Wildman–Crippen LogP) is 4.00. The van der Waals surface area contributed by atoms with Crippen molar-refractivity contribution in [2.75, 3.05) is 6.61 Å². The largest absolute Gasteiger partial charge is 0.517 e. The molecule has 26 heavy (non-hydrogen) atoms. The predicted molar refractivity (Wildman–Crippen MR) is 104 cm³/mol. The maximum Gasteiger partial charge on any atom is 0.517 e. The third kappa shape index (κ3) is 2.78. The minimum absolute atomic E-state index is 0.0683. The van der Waals surface area contributed by atoms with Gasteiger partial charge in [0.2, 0.25) is 0 Å². The first-order chi connectivity index (χ1) is 12.2. The van der Waals surface area contributed by atoms with Gasteiger partial charge >= 0.3 is 7.12 Å². The molecule has 0 spiro atoms. The van der Waals surface area contributed by atoms with Gasteiger partial charge in [-0.1, -0.05) is 17.7 Å². The van der Waals surface area contributed by atoms with Crippen LogP contribution in [0.1, 0.15) is 58.7 Å². The summed E-state index contributed by atoms with van der Waals surface area (Å²) >= 11 is 6.70. The Kier molecular flexibility index (Phi) is 4.38. The van der Waals surface area contributed by atoms with E-state index in [-0.39, 0.29) is 6.23 Å². The fourth-order valence-electron chi connectivity index (χ4n) is 3.58. The van der Waals surface area contributed by atoms with Gasteiger partial charge in [-0.15, -0.1) is 0 Å². The lowest BCUT2D eigenvalue weighted by atomic mass is 9.82. The Bertz CT molecular complexity index is 827. The number of fused-ring (bicyclic) bond motifs is 1. The van der Waals surface area contributed by atoms with Crippen LogP contribution < -0.4 is 5.59 Å². The zero-order valence-corrected chi connectivity index (χ0v) is 16.9. The van der Waals surface area contributed by atoms with Crippen molar-refractivity contribution >= 4 is 35.2 Å². The Balaban J connectivity index is 1.85. The van der Waals surface area contributed by atoms with E-state index in [1.165, 1.54) is 0 Å². The molecule has 2 aliphatic rings. The van der Waals surface area contributed by atoms with Crippen molar-refractivity contribution in [3.05, 3.63) is 22.7 Å². The summed E-state index contributed by atoms with van der Waals surface area (Å²) < 4.78 is 20.4. The second-order valence-corrected chi connectivity index (χ2v) is 8.71. The highest BCUT2D eigenvalue weighted by Gasteiger charge is 2.53. The van der Waals surface area contributed by atoms with Crippen molar-refractivity contribution in [1.82, 2.24) is 9.78 Å². The molecule has 2 aromatic rings. The summed E-state index contributed by atoms with van der Waals surface area (Å²) in [4.78, 5) is 0. The number of nitrogens with zero attached hydrogens (tertiary/aromatic N) is 2. The molecule has 5 nitrogen and oxygen atoms in total. The standard InChI is InChI=1S/C19H26BClN2O3/c1-12-9-10-13-15(16(12)21)17(20-25-18(2,3)19(4,5)26-20)22-23(13)14-8-6-7-11-24-14/h9-10,14H,6-8,11H2,1-5H3. The molecule has 0 N–H and O–H groups in total. The van der Waals surface area contributed by atoms with Gasteiger partial charge in [0, 0.05) is 12.0 Å². The van der Waals surface area contributed by atoms with E-state index in [0.29, 0.717) is 5.02 Å². The average Bonchev–Trinajstić information content (AvgIpc) is 3.07. The molecule has 2 aliphatic heterocycles. The lowest BCUT2D eigenvalue weighted by molar-refractivity contribution is -0.0364. The average molecular weight is 377 g/mol. The highest BCUT2D eigenvalue weighted by molar-refractivity contribution is 6.65. The molecule has 1 unspecified atom stereocenters. The van der Waals surface area contributed by atoms with Gasteiger partial charge in [0.25, 0.3) is 0 Å².